The Hall–Kier alpha value is -2.23. The Balaban J connectivity index is 2.24. The minimum atomic E-state index is -3.86. The number of carbonyl (C=O) groups is 1. The number of carboxylic acids is 1. The largest absolute Gasteiger partial charge is 0.480 e. The maximum Gasteiger partial charge on any atom is 0.323 e. The lowest BCUT2D eigenvalue weighted by molar-refractivity contribution is -0.137. The minimum absolute atomic E-state index is 0.0687. The fraction of sp³-hybridized carbons (Fsp3) is 0.333. The van der Waals surface area contributed by atoms with E-state index in [2.05, 4.69) is 0 Å². The number of morpholine rings is 1. The number of carboxylic acid groups (broad SMARTS) is 1. The highest BCUT2D eigenvalue weighted by Gasteiger charge is 2.29. The van der Waals surface area contributed by atoms with Crippen LogP contribution in [0.3, 0.4) is 0 Å². The molecule has 0 aliphatic carbocycles. The second-order valence-corrected chi connectivity index (χ2v) is 7.29. The molecule has 0 amide bonds. The molecular formula is C15H16N2O6S. The van der Waals surface area contributed by atoms with Gasteiger partial charge in [-0.05, 0) is 6.07 Å². The Morgan fingerprint density at radius 1 is 1.17 bits per heavy atom. The van der Waals surface area contributed by atoms with E-state index >= 15 is 0 Å². The third-order valence-corrected chi connectivity index (χ3v) is 5.78. The van der Waals surface area contributed by atoms with Gasteiger partial charge in [0.25, 0.3) is 5.56 Å². The average molecular weight is 352 g/mol. The van der Waals surface area contributed by atoms with Crippen molar-refractivity contribution in [1.82, 2.24) is 8.87 Å². The summed E-state index contributed by atoms with van der Waals surface area (Å²) >= 11 is 0. The molecule has 9 heteroatoms. The molecule has 1 aliphatic heterocycles. The number of aliphatic carboxylic acids is 1. The number of fused-ring (bicyclic) bond motifs is 1. The summed E-state index contributed by atoms with van der Waals surface area (Å²) in [7, 11) is -3.86. The van der Waals surface area contributed by atoms with E-state index in [-0.39, 0.29) is 28.8 Å². The van der Waals surface area contributed by atoms with Gasteiger partial charge in [0.1, 0.15) is 11.4 Å². The van der Waals surface area contributed by atoms with Crippen LogP contribution in [0.2, 0.25) is 0 Å². The number of nitrogens with zero attached hydrogens (tertiary/aromatic N) is 2. The first kappa shape index (κ1) is 16.6. The fourth-order valence-corrected chi connectivity index (χ4v) is 4.33. The van der Waals surface area contributed by atoms with Crippen molar-refractivity contribution in [3.05, 3.63) is 40.8 Å². The SMILES string of the molecule is O=C(O)Cn1cc(S(=O)(=O)N2CCOCC2)c2ccccc2c1=O. The van der Waals surface area contributed by atoms with Crippen LogP contribution in [0.25, 0.3) is 10.8 Å². The predicted octanol–water partition coefficient (Wildman–Crippen LogP) is 0.107. The molecule has 1 aliphatic rings. The number of ether oxygens (including phenoxy) is 1. The molecule has 1 aromatic heterocycles. The summed E-state index contributed by atoms with van der Waals surface area (Å²) in [5.41, 5.74) is -0.533. The van der Waals surface area contributed by atoms with E-state index in [1.54, 1.807) is 18.2 Å². The Kier molecular flexibility index (Phi) is 4.39. The van der Waals surface area contributed by atoms with Crippen molar-refractivity contribution in [1.29, 1.82) is 0 Å². The van der Waals surface area contributed by atoms with Gasteiger partial charge in [-0.3, -0.25) is 9.59 Å². The normalized spacial score (nSPS) is 16.3. The lowest BCUT2D eigenvalue weighted by Gasteiger charge is -2.26. The fourth-order valence-electron chi connectivity index (χ4n) is 2.70. The molecule has 3 rings (SSSR count). The van der Waals surface area contributed by atoms with Crippen LogP contribution < -0.4 is 5.56 Å². The highest BCUT2D eigenvalue weighted by molar-refractivity contribution is 7.89. The van der Waals surface area contributed by atoms with Crippen LogP contribution in [0.5, 0.6) is 0 Å². The maximum absolute atomic E-state index is 13.0. The highest BCUT2D eigenvalue weighted by Crippen LogP contribution is 2.24. The van der Waals surface area contributed by atoms with Gasteiger partial charge in [-0.25, -0.2) is 8.42 Å². The minimum Gasteiger partial charge on any atom is -0.480 e. The Morgan fingerprint density at radius 2 is 1.79 bits per heavy atom. The van der Waals surface area contributed by atoms with Crippen molar-refractivity contribution in [2.75, 3.05) is 26.3 Å². The summed E-state index contributed by atoms with van der Waals surface area (Å²) in [5.74, 6) is -1.22. The van der Waals surface area contributed by atoms with Crippen molar-refractivity contribution in [2.45, 2.75) is 11.4 Å². The molecular weight excluding hydrogens is 336 g/mol. The number of hydrogen-bond acceptors (Lipinski definition) is 5. The maximum atomic E-state index is 13.0. The number of benzene rings is 1. The summed E-state index contributed by atoms with van der Waals surface area (Å²) in [5, 5.41) is 9.43. The molecule has 2 heterocycles. The molecule has 0 saturated carbocycles. The number of aromatic nitrogens is 1. The molecule has 1 fully saturated rings. The molecule has 1 aromatic carbocycles. The molecule has 24 heavy (non-hydrogen) atoms. The zero-order valence-electron chi connectivity index (χ0n) is 12.7. The van der Waals surface area contributed by atoms with E-state index in [1.165, 1.54) is 10.4 Å². The molecule has 1 N–H and O–H groups in total. The van der Waals surface area contributed by atoms with E-state index in [0.29, 0.717) is 13.2 Å². The van der Waals surface area contributed by atoms with Gasteiger partial charge in [0, 0.05) is 30.1 Å². The first-order chi connectivity index (χ1) is 11.4. The van der Waals surface area contributed by atoms with Crippen LogP contribution >= 0.6 is 0 Å². The number of rotatable bonds is 4. The third kappa shape index (κ3) is 2.93. The van der Waals surface area contributed by atoms with E-state index in [9.17, 15) is 18.0 Å². The number of sulfonamides is 1. The summed E-state index contributed by atoms with van der Waals surface area (Å²) in [4.78, 5) is 23.3. The molecule has 0 radical (unpaired) electrons. The molecule has 1 saturated heterocycles. The predicted molar refractivity (Wildman–Crippen MR) is 85.4 cm³/mol. The molecule has 0 unspecified atom stereocenters. The van der Waals surface area contributed by atoms with Crippen molar-refractivity contribution in [3.63, 3.8) is 0 Å². The van der Waals surface area contributed by atoms with Gasteiger partial charge in [0.2, 0.25) is 10.0 Å². The molecule has 128 valence electrons. The van der Waals surface area contributed by atoms with Gasteiger partial charge in [0.05, 0.1) is 13.2 Å². The average Bonchev–Trinajstić information content (AvgIpc) is 2.58. The number of hydrogen-bond donors (Lipinski definition) is 1. The van der Waals surface area contributed by atoms with Crippen LogP contribution in [0.1, 0.15) is 0 Å². The van der Waals surface area contributed by atoms with Crippen molar-refractivity contribution < 1.29 is 23.1 Å². The second kappa shape index (κ2) is 6.34. The van der Waals surface area contributed by atoms with Gasteiger partial charge in [-0.15, -0.1) is 0 Å². The summed E-state index contributed by atoms with van der Waals surface area (Å²) in [6, 6.07) is 6.30. The molecule has 0 spiro atoms. The Bertz CT molecular complexity index is 944. The van der Waals surface area contributed by atoms with Gasteiger partial charge >= 0.3 is 5.97 Å². The molecule has 2 aromatic rings. The van der Waals surface area contributed by atoms with Crippen LogP contribution in [-0.2, 0) is 26.1 Å². The lowest BCUT2D eigenvalue weighted by Crippen LogP contribution is -2.41. The van der Waals surface area contributed by atoms with Gasteiger partial charge < -0.3 is 14.4 Å². The quantitative estimate of drug-likeness (QED) is 0.837. The first-order valence-electron chi connectivity index (χ1n) is 7.33. The van der Waals surface area contributed by atoms with Crippen LogP contribution in [0, 0.1) is 0 Å². The Labute approximate surface area is 137 Å². The van der Waals surface area contributed by atoms with Crippen molar-refractivity contribution >= 4 is 26.8 Å². The molecule has 8 nitrogen and oxygen atoms in total. The zero-order valence-corrected chi connectivity index (χ0v) is 13.5. The zero-order chi connectivity index (χ0) is 17.3. The third-order valence-electron chi connectivity index (χ3n) is 3.85. The van der Waals surface area contributed by atoms with Crippen LogP contribution in [-0.4, -0.2) is 54.7 Å². The van der Waals surface area contributed by atoms with E-state index < -0.39 is 28.1 Å². The summed E-state index contributed by atoms with van der Waals surface area (Å²) in [6.45, 7) is 0.427. The summed E-state index contributed by atoms with van der Waals surface area (Å²) in [6.07, 6.45) is 1.11. The topological polar surface area (TPSA) is 106 Å². The molecule has 0 atom stereocenters. The van der Waals surface area contributed by atoms with E-state index in [0.717, 1.165) is 10.8 Å². The number of pyridine rings is 1. The Morgan fingerprint density at radius 3 is 2.42 bits per heavy atom. The van der Waals surface area contributed by atoms with Crippen LogP contribution in [0.15, 0.2) is 40.2 Å². The lowest BCUT2D eigenvalue weighted by atomic mass is 10.2. The smallest absolute Gasteiger partial charge is 0.323 e. The molecule has 0 bridgehead atoms. The highest BCUT2D eigenvalue weighted by atomic mass is 32.2. The van der Waals surface area contributed by atoms with Gasteiger partial charge in [-0.1, -0.05) is 18.2 Å². The van der Waals surface area contributed by atoms with Crippen molar-refractivity contribution in [3.8, 4) is 0 Å². The van der Waals surface area contributed by atoms with Gasteiger partial charge in [0.15, 0.2) is 0 Å². The standard InChI is InChI=1S/C15H16N2O6S/c18-14(19)10-16-9-13(11-3-1-2-4-12(11)15(16)20)24(21,22)17-5-7-23-8-6-17/h1-4,9H,5-8,10H2,(H,18,19). The van der Waals surface area contributed by atoms with Crippen molar-refractivity contribution in [2.24, 2.45) is 0 Å². The second-order valence-electron chi connectivity index (χ2n) is 5.38. The summed E-state index contributed by atoms with van der Waals surface area (Å²) < 4.78 is 33.3. The van der Waals surface area contributed by atoms with E-state index in [1.807, 2.05) is 0 Å². The van der Waals surface area contributed by atoms with E-state index in [4.69, 9.17) is 9.84 Å². The van der Waals surface area contributed by atoms with Crippen LogP contribution in [0.4, 0.5) is 0 Å². The van der Waals surface area contributed by atoms with Gasteiger partial charge in [-0.2, -0.15) is 4.31 Å². The first-order valence-corrected chi connectivity index (χ1v) is 8.77. The monoisotopic (exact) mass is 352 g/mol.